The van der Waals surface area contributed by atoms with E-state index in [0.717, 1.165) is 12.2 Å². The van der Waals surface area contributed by atoms with Gasteiger partial charge in [0, 0.05) is 36.7 Å². The van der Waals surface area contributed by atoms with Gasteiger partial charge in [0.1, 0.15) is 18.1 Å². The molecule has 0 radical (unpaired) electrons. The lowest BCUT2D eigenvalue weighted by molar-refractivity contribution is -0.118. The van der Waals surface area contributed by atoms with E-state index in [1.54, 1.807) is 24.3 Å². The molecule has 0 saturated heterocycles. The smallest absolute Gasteiger partial charge is 0.218 e. The van der Waals surface area contributed by atoms with Crippen molar-refractivity contribution in [1.29, 1.82) is 0 Å². The van der Waals surface area contributed by atoms with Crippen LogP contribution < -0.4 is 25.8 Å². The second-order valence-electron chi connectivity index (χ2n) is 7.01. The molecule has 0 spiro atoms. The summed E-state index contributed by atoms with van der Waals surface area (Å²) in [6, 6.07) is 7.97. The largest absolute Gasteiger partial charge is 0.489 e. The molecule has 2 aromatic rings. The number of carbonyl (C=O) groups excluding carboxylic acids is 1. The minimum atomic E-state index is -0.542. The summed E-state index contributed by atoms with van der Waals surface area (Å²) in [5.74, 6) is 0.0727. The summed E-state index contributed by atoms with van der Waals surface area (Å²) >= 11 is 6.23. The van der Waals surface area contributed by atoms with E-state index in [1.807, 2.05) is 19.9 Å². The number of anilines is 1. The highest BCUT2D eigenvalue weighted by Crippen LogP contribution is 2.39. The first-order chi connectivity index (χ1) is 13.9. The molecule has 0 bridgehead atoms. The number of primary amides is 1. The van der Waals surface area contributed by atoms with Crippen LogP contribution >= 0.6 is 11.6 Å². The summed E-state index contributed by atoms with van der Waals surface area (Å²) < 4.78 is 26.7. The number of rotatable bonds is 8. The van der Waals surface area contributed by atoms with Gasteiger partial charge >= 0.3 is 0 Å². The van der Waals surface area contributed by atoms with E-state index < -0.39 is 11.7 Å². The Kier molecular flexibility index (Phi) is 6.82. The van der Waals surface area contributed by atoms with Gasteiger partial charge in [-0.2, -0.15) is 0 Å². The number of hydrogen-bond donors (Lipinski definition) is 3. The van der Waals surface area contributed by atoms with Gasteiger partial charge in [-0.05, 0) is 31.5 Å². The van der Waals surface area contributed by atoms with Crippen LogP contribution in [0.4, 0.5) is 10.1 Å². The molecular formula is C21H25ClFN3O3. The molecule has 3 rings (SSSR count). The second-order valence-corrected chi connectivity index (χ2v) is 7.42. The van der Waals surface area contributed by atoms with E-state index in [2.05, 4.69) is 10.6 Å². The van der Waals surface area contributed by atoms with E-state index in [4.69, 9.17) is 26.8 Å². The third-order valence-electron chi connectivity index (χ3n) is 4.70. The summed E-state index contributed by atoms with van der Waals surface area (Å²) in [6.45, 7) is 5.04. The maximum Gasteiger partial charge on any atom is 0.218 e. The highest BCUT2D eigenvalue weighted by atomic mass is 35.5. The Balaban J connectivity index is 1.85. The van der Waals surface area contributed by atoms with Gasteiger partial charge in [0.25, 0.3) is 0 Å². The normalized spacial score (nSPS) is 14.9. The molecule has 0 aliphatic carbocycles. The van der Waals surface area contributed by atoms with Gasteiger partial charge in [-0.1, -0.05) is 24.6 Å². The molecule has 4 N–H and O–H groups in total. The van der Waals surface area contributed by atoms with E-state index in [9.17, 15) is 4.79 Å². The number of benzene rings is 2. The minimum Gasteiger partial charge on any atom is -0.489 e. The number of fused-ring (bicyclic) bond motifs is 1. The number of amides is 1. The topological polar surface area (TPSA) is 85.6 Å². The van der Waals surface area contributed by atoms with Crippen molar-refractivity contribution in [3.8, 4) is 17.2 Å². The molecule has 0 fully saturated rings. The number of hydrogen-bond acceptors (Lipinski definition) is 5. The van der Waals surface area contributed by atoms with Crippen LogP contribution in [0.1, 0.15) is 38.3 Å². The Hall–Kier alpha value is -2.51. The Labute approximate surface area is 174 Å². The van der Waals surface area contributed by atoms with Crippen molar-refractivity contribution < 1.29 is 18.7 Å². The number of halogens is 2. The molecule has 1 aliphatic heterocycles. The average Bonchev–Trinajstić information content (AvgIpc) is 2.69. The SMILES string of the molecule is CC[C@@H](N[C@@H](C)CC(N)=O)c1ccc(Cl)c(Oc2ccc3c(c2)OCCN3)c1F. The molecule has 1 aliphatic rings. The van der Waals surface area contributed by atoms with Gasteiger partial charge in [-0.3, -0.25) is 4.79 Å². The molecule has 0 saturated carbocycles. The van der Waals surface area contributed by atoms with Gasteiger partial charge in [-0.25, -0.2) is 4.39 Å². The van der Waals surface area contributed by atoms with E-state index in [1.165, 1.54) is 0 Å². The Morgan fingerprint density at radius 2 is 2.21 bits per heavy atom. The molecule has 1 amide bonds. The lowest BCUT2D eigenvalue weighted by Gasteiger charge is -2.24. The summed E-state index contributed by atoms with van der Waals surface area (Å²) in [5, 5.41) is 6.63. The Bertz CT molecular complexity index is 894. The third-order valence-corrected chi connectivity index (χ3v) is 5.00. The number of carbonyl (C=O) groups is 1. The molecule has 2 aromatic carbocycles. The van der Waals surface area contributed by atoms with Crippen LogP contribution in [0.3, 0.4) is 0 Å². The lowest BCUT2D eigenvalue weighted by Crippen LogP contribution is -2.34. The predicted molar refractivity (Wildman–Crippen MR) is 111 cm³/mol. The highest BCUT2D eigenvalue weighted by molar-refractivity contribution is 6.32. The van der Waals surface area contributed by atoms with Gasteiger partial charge < -0.3 is 25.8 Å². The van der Waals surface area contributed by atoms with Crippen LogP contribution in [-0.4, -0.2) is 25.1 Å². The van der Waals surface area contributed by atoms with Gasteiger partial charge in [0.15, 0.2) is 11.6 Å². The second kappa shape index (κ2) is 9.33. The standard InChI is InChI=1S/C21H25ClFN3O3/c1-3-16(26-12(2)10-19(24)27)14-5-6-15(22)21(20(14)23)29-13-4-7-17-18(11-13)28-9-8-25-17/h4-7,11-12,16,25-26H,3,8-10H2,1-2H3,(H2,24,27)/t12-,16+/m0/s1. The molecule has 6 nitrogen and oxygen atoms in total. The summed E-state index contributed by atoms with van der Waals surface area (Å²) in [6.07, 6.45) is 0.775. The van der Waals surface area contributed by atoms with E-state index in [0.29, 0.717) is 30.1 Å². The first-order valence-corrected chi connectivity index (χ1v) is 9.97. The van der Waals surface area contributed by atoms with Crippen LogP contribution in [0.5, 0.6) is 17.2 Å². The van der Waals surface area contributed by atoms with Crippen molar-refractivity contribution >= 4 is 23.2 Å². The van der Waals surface area contributed by atoms with Crippen molar-refractivity contribution in [3.05, 3.63) is 46.7 Å². The predicted octanol–water partition coefficient (Wildman–Crippen LogP) is 4.38. The van der Waals surface area contributed by atoms with E-state index in [-0.39, 0.29) is 29.3 Å². The maximum absolute atomic E-state index is 15.3. The summed E-state index contributed by atoms with van der Waals surface area (Å²) in [7, 11) is 0. The lowest BCUT2D eigenvalue weighted by atomic mass is 10.0. The van der Waals surface area contributed by atoms with Crippen LogP contribution in [0.25, 0.3) is 0 Å². The monoisotopic (exact) mass is 421 g/mol. The fraction of sp³-hybridized carbons (Fsp3) is 0.381. The quantitative estimate of drug-likeness (QED) is 0.589. The fourth-order valence-electron chi connectivity index (χ4n) is 3.34. The summed E-state index contributed by atoms with van der Waals surface area (Å²) in [5.41, 5.74) is 6.53. The highest BCUT2D eigenvalue weighted by Gasteiger charge is 2.22. The van der Waals surface area contributed by atoms with Gasteiger partial charge in [0.2, 0.25) is 5.91 Å². The van der Waals surface area contributed by atoms with Crippen LogP contribution in [0.15, 0.2) is 30.3 Å². The van der Waals surface area contributed by atoms with Crippen molar-refractivity contribution in [2.75, 3.05) is 18.5 Å². The molecule has 1 heterocycles. The fourth-order valence-corrected chi connectivity index (χ4v) is 3.52. The van der Waals surface area contributed by atoms with Crippen molar-refractivity contribution in [3.63, 3.8) is 0 Å². The third kappa shape index (κ3) is 5.10. The zero-order chi connectivity index (χ0) is 21.0. The molecule has 0 aromatic heterocycles. The first-order valence-electron chi connectivity index (χ1n) is 9.59. The van der Waals surface area contributed by atoms with Crippen molar-refractivity contribution in [2.24, 2.45) is 5.73 Å². The minimum absolute atomic E-state index is 0.0457. The maximum atomic E-state index is 15.3. The van der Waals surface area contributed by atoms with Crippen molar-refractivity contribution in [1.82, 2.24) is 5.32 Å². The molecule has 8 heteroatoms. The molecule has 29 heavy (non-hydrogen) atoms. The Morgan fingerprint density at radius 1 is 1.41 bits per heavy atom. The average molecular weight is 422 g/mol. The summed E-state index contributed by atoms with van der Waals surface area (Å²) in [4.78, 5) is 11.1. The van der Waals surface area contributed by atoms with Gasteiger partial charge in [0.05, 0.1) is 10.7 Å². The molecule has 0 unspecified atom stereocenters. The first kappa shape index (κ1) is 21.2. The van der Waals surface area contributed by atoms with Crippen molar-refractivity contribution in [2.45, 2.75) is 38.8 Å². The molecule has 156 valence electrons. The van der Waals surface area contributed by atoms with E-state index >= 15 is 4.39 Å². The van der Waals surface area contributed by atoms with Gasteiger partial charge in [-0.15, -0.1) is 0 Å². The van der Waals surface area contributed by atoms with Crippen LogP contribution in [-0.2, 0) is 4.79 Å². The number of nitrogens with two attached hydrogens (primary N) is 1. The number of nitrogens with one attached hydrogen (secondary N) is 2. The zero-order valence-electron chi connectivity index (χ0n) is 16.4. The van der Waals surface area contributed by atoms with Crippen LogP contribution in [0.2, 0.25) is 5.02 Å². The Morgan fingerprint density at radius 3 is 2.93 bits per heavy atom. The number of ether oxygens (including phenoxy) is 2. The zero-order valence-corrected chi connectivity index (χ0v) is 17.2. The van der Waals surface area contributed by atoms with Crippen LogP contribution in [0, 0.1) is 5.82 Å². The molecular weight excluding hydrogens is 397 g/mol. The molecule has 2 atom stereocenters.